The highest BCUT2D eigenvalue weighted by atomic mass is 16.1. The third kappa shape index (κ3) is 6.16. The lowest BCUT2D eigenvalue weighted by atomic mass is 10.1. The Kier molecular flexibility index (Phi) is 6.87. The summed E-state index contributed by atoms with van der Waals surface area (Å²) in [5, 5.41) is 2.91. The zero-order valence-corrected chi connectivity index (χ0v) is 13.7. The molecule has 1 fully saturated rings. The molecule has 4 heteroatoms. The molecule has 1 amide bonds. The Morgan fingerprint density at radius 1 is 1.14 bits per heavy atom. The van der Waals surface area contributed by atoms with Crippen LogP contribution in [0.2, 0.25) is 0 Å². The van der Waals surface area contributed by atoms with Crippen LogP contribution >= 0.6 is 0 Å². The van der Waals surface area contributed by atoms with Gasteiger partial charge in [-0.05, 0) is 44.0 Å². The molecule has 1 aromatic rings. The number of nitrogens with zero attached hydrogens (tertiary/aromatic N) is 1. The lowest BCUT2D eigenvalue weighted by molar-refractivity contribution is -0.121. The third-order valence-electron chi connectivity index (χ3n) is 4.12. The normalized spacial score (nSPS) is 17.7. The Bertz CT molecular complexity index is 448. The monoisotopic (exact) mass is 303 g/mol. The number of nitrogens with one attached hydrogen (secondary N) is 1. The number of nitrogens with two attached hydrogens (primary N) is 1. The molecule has 0 radical (unpaired) electrons. The van der Waals surface area contributed by atoms with Crippen molar-refractivity contribution in [3.05, 3.63) is 35.4 Å². The molecule has 0 bridgehead atoms. The summed E-state index contributed by atoms with van der Waals surface area (Å²) in [5.41, 5.74) is 8.11. The molecule has 1 aromatic carbocycles. The van der Waals surface area contributed by atoms with Crippen LogP contribution in [0.25, 0.3) is 0 Å². The fourth-order valence-corrected chi connectivity index (χ4v) is 2.88. The number of amides is 1. The highest BCUT2D eigenvalue weighted by Gasteiger charge is 2.09. The summed E-state index contributed by atoms with van der Waals surface area (Å²) in [4.78, 5) is 14.1. The Hall–Kier alpha value is -1.39. The maximum Gasteiger partial charge on any atom is 0.221 e. The maximum absolute atomic E-state index is 11.6. The summed E-state index contributed by atoms with van der Waals surface area (Å²) < 4.78 is 0. The van der Waals surface area contributed by atoms with Gasteiger partial charge in [-0.3, -0.25) is 9.69 Å². The molecule has 0 aromatic heterocycles. The SMILES string of the molecule is CC(N)CC(=O)NCc1ccc(CN2CCCCCC2)cc1. The first-order valence-corrected chi connectivity index (χ1v) is 8.46. The first kappa shape index (κ1) is 17.0. The van der Waals surface area contributed by atoms with Crippen LogP contribution in [0.3, 0.4) is 0 Å². The number of benzene rings is 1. The van der Waals surface area contributed by atoms with Crippen LogP contribution in [0, 0.1) is 0 Å². The molecular weight excluding hydrogens is 274 g/mol. The van der Waals surface area contributed by atoms with Gasteiger partial charge >= 0.3 is 0 Å². The van der Waals surface area contributed by atoms with E-state index in [4.69, 9.17) is 5.73 Å². The van der Waals surface area contributed by atoms with Gasteiger partial charge in [0.25, 0.3) is 0 Å². The van der Waals surface area contributed by atoms with E-state index in [-0.39, 0.29) is 11.9 Å². The summed E-state index contributed by atoms with van der Waals surface area (Å²) in [6, 6.07) is 8.49. The molecule has 1 aliphatic heterocycles. The number of likely N-dealkylation sites (tertiary alicyclic amines) is 1. The lowest BCUT2D eigenvalue weighted by Crippen LogP contribution is -2.29. The molecule has 0 spiro atoms. The average Bonchev–Trinajstić information content (AvgIpc) is 2.74. The number of hydrogen-bond acceptors (Lipinski definition) is 3. The molecule has 0 aliphatic carbocycles. The summed E-state index contributed by atoms with van der Waals surface area (Å²) in [7, 11) is 0. The van der Waals surface area contributed by atoms with Gasteiger partial charge in [-0.15, -0.1) is 0 Å². The van der Waals surface area contributed by atoms with E-state index in [1.54, 1.807) is 0 Å². The zero-order chi connectivity index (χ0) is 15.8. The number of carbonyl (C=O) groups is 1. The third-order valence-corrected chi connectivity index (χ3v) is 4.12. The minimum absolute atomic E-state index is 0.0173. The molecule has 1 atom stereocenters. The highest BCUT2D eigenvalue weighted by Crippen LogP contribution is 2.13. The van der Waals surface area contributed by atoms with Crippen molar-refractivity contribution >= 4 is 5.91 Å². The second-order valence-corrected chi connectivity index (χ2v) is 6.46. The van der Waals surface area contributed by atoms with Gasteiger partial charge in [-0.1, -0.05) is 37.1 Å². The smallest absolute Gasteiger partial charge is 0.221 e. The van der Waals surface area contributed by atoms with Crippen LogP contribution in [0.1, 0.15) is 50.2 Å². The minimum Gasteiger partial charge on any atom is -0.352 e. The van der Waals surface area contributed by atoms with Crippen LogP contribution in [0.15, 0.2) is 24.3 Å². The Labute approximate surface area is 134 Å². The van der Waals surface area contributed by atoms with Crippen LogP contribution < -0.4 is 11.1 Å². The largest absolute Gasteiger partial charge is 0.352 e. The predicted octanol–water partition coefficient (Wildman–Crippen LogP) is 2.42. The second kappa shape index (κ2) is 8.91. The molecule has 4 nitrogen and oxygen atoms in total. The molecule has 1 unspecified atom stereocenters. The van der Waals surface area contributed by atoms with Crippen molar-refractivity contribution in [1.82, 2.24) is 10.2 Å². The fourth-order valence-electron chi connectivity index (χ4n) is 2.88. The van der Waals surface area contributed by atoms with Crippen LogP contribution in [0.4, 0.5) is 0 Å². The van der Waals surface area contributed by atoms with Crippen LogP contribution in [0.5, 0.6) is 0 Å². The van der Waals surface area contributed by atoms with E-state index in [1.165, 1.54) is 44.3 Å². The quantitative estimate of drug-likeness (QED) is 0.848. The van der Waals surface area contributed by atoms with E-state index in [0.29, 0.717) is 13.0 Å². The number of rotatable bonds is 6. The first-order valence-electron chi connectivity index (χ1n) is 8.46. The zero-order valence-electron chi connectivity index (χ0n) is 13.7. The van der Waals surface area contributed by atoms with Gasteiger partial charge in [0.1, 0.15) is 0 Å². The van der Waals surface area contributed by atoms with Gasteiger partial charge in [-0.25, -0.2) is 0 Å². The van der Waals surface area contributed by atoms with E-state index in [9.17, 15) is 4.79 Å². The number of carbonyl (C=O) groups excluding carboxylic acids is 1. The van der Waals surface area contributed by atoms with Crippen LogP contribution in [-0.4, -0.2) is 29.9 Å². The highest BCUT2D eigenvalue weighted by molar-refractivity contribution is 5.76. The molecule has 1 heterocycles. The van der Waals surface area contributed by atoms with Crippen molar-refractivity contribution in [2.24, 2.45) is 5.73 Å². The molecule has 0 saturated carbocycles. The summed E-state index contributed by atoms with van der Waals surface area (Å²) in [6.45, 7) is 5.90. The van der Waals surface area contributed by atoms with Crippen molar-refractivity contribution in [1.29, 1.82) is 0 Å². The Morgan fingerprint density at radius 2 is 1.73 bits per heavy atom. The van der Waals surface area contributed by atoms with Crippen molar-refractivity contribution in [2.75, 3.05) is 13.1 Å². The van der Waals surface area contributed by atoms with Gasteiger partial charge < -0.3 is 11.1 Å². The van der Waals surface area contributed by atoms with Crippen molar-refractivity contribution in [3.63, 3.8) is 0 Å². The lowest BCUT2D eigenvalue weighted by Gasteiger charge is -2.19. The van der Waals surface area contributed by atoms with Gasteiger partial charge in [0.15, 0.2) is 0 Å². The predicted molar refractivity (Wildman–Crippen MR) is 90.3 cm³/mol. The van der Waals surface area contributed by atoms with Crippen molar-refractivity contribution in [2.45, 2.75) is 58.2 Å². The molecule has 2 rings (SSSR count). The fraction of sp³-hybridized carbons (Fsp3) is 0.611. The van der Waals surface area contributed by atoms with Gasteiger partial charge in [0.2, 0.25) is 5.91 Å². The van der Waals surface area contributed by atoms with E-state index in [1.807, 2.05) is 6.92 Å². The van der Waals surface area contributed by atoms with E-state index in [0.717, 1.165) is 12.1 Å². The molecule has 3 N–H and O–H groups in total. The maximum atomic E-state index is 11.6. The van der Waals surface area contributed by atoms with E-state index in [2.05, 4.69) is 34.5 Å². The Balaban J connectivity index is 1.78. The standard InChI is InChI=1S/C18H29N3O/c1-15(19)12-18(22)20-13-16-6-8-17(9-7-16)14-21-10-4-2-3-5-11-21/h6-9,15H,2-5,10-14,19H2,1H3,(H,20,22). The van der Waals surface area contributed by atoms with Crippen molar-refractivity contribution < 1.29 is 4.79 Å². The van der Waals surface area contributed by atoms with E-state index < -0.39 is 0 Å². The van der Waals surface area contributed by atoms with E-state index >= 15 is 0 Å². The molecule has 22 heavy (non-hydrogen) atoms. The molecular formula is C18H29N3O. The topological polar surface area (TPSA) is 58.4 Å². The van der Waals surface area contributed by atoms with Gasteiger partial charge in [0.05, 0.1) is 0 Å². The summed E-state index contributed by atoms with van der Waals surface area (Å²) >= 11 is 0. The van der Waals surface area contributed by atoms with Crippen molar-refractivity contribution in [3.8, 4) is 0 Å². The van der Waals surface area contributed by atoms with Crippen LogP contribution in [-0.2, 0) is 17.9 Å². The molecule has 1 saturated heterocycles. The molecule has 1 aliphatic rings. The minimum atomic E-state index is -0.0870. The summed E-state index contributed by atoms with van der Waals surface area (Å²) in [6.07, 6.45) is 5.77. The van der Waals surface area contributed by atoms with Gasteiger partial charge in [-0.2, -0.15) is 0 Å². The number of hydrogen-bond donors (Lipinski definition) is 2. The second-order valence-electron chi connectivity index (χ2n) is 6.46. The first-order chi connectivity index (χ1) is 10.6. The molecule has 122 valence electrons. The summed E-state index contributed by atoms with van der Waals surface area (Å²) in [5.74, 6) is 0.0173. The Morgan fingerprint density at radius 3 is 2.32 bits per heavy atom. The average molecular weight is 303 g/mol. The van der Waals surface area contributed by atoms with Gasteiger partial charge in [0, 0.05) is 25.6 Å².